The first-order valence-corrected chi connectivity index (χ1v) is 8.23. The minimum atomic E-state index is -0.630. The summed E-state index contributed by atoms with van der Waals surface area (Å²) in [6.45, 7) is -0.0906. The highest BCUT2D eigenvalue weighted by Gasteiger charge is 2.08. The van der Waals surface area contributed by atoms with Crippen LogP contribution in [0.3, 0.4) is 0 Å². The summed E-state index contributed by atoms with van der Waals surface area (Å²) in [5.74, 6) is -0.00771. The number of hydrogen-bond donors (Lipinski definition) is 2. The van der Waals surface area contributed by atoms with Crippen molar-refractivity contribution in [2.75, 3.05) is 18.5 Å². The van der Waals surface area contributed by atoms with E-state index in [2.05, 4.69) is 10.3 Å². The van der Waals surface area contributed by atoms with Gasteiger partial charge in [-0.05, 0) is 30.3 Å². The van der Waals surface area contributed by atoms with Gasteiger partial charge in [0.15, 0.2) is 0 Å². The summed E-state index contributed by atoms with van der Waals surface area (Å²) in [7, 11) is 0. The zero-order chi connectivity index (χ0) is 18.5. The number of nitrogens with zero attached hydrogens (tertiary/aromatic N) is 2. The van der Waals surface area contributed by atoms with Crippen molar-refractivity contribution in [3.05, 3.63) is 64.2 Å². The van der Waals surface area contributed by atoms with Crippen LogP contribution in [0.1, 0.15) is 0 Å². The van der Waals surface area contributed by atoms with Crippen molar-refractivity contribution >= 4 is 34.1 Å². The molecule has 26 heavy (non-hydrogen) atoms. The van der Waals surface area contributed by atoms with Crippen molar-refractivity contribution in [3.8, 4) is 5.75 Å². The fraction of sp³-hybridized carbons (Fsp3) is 0.167. The van der Waals surface area contributed by atoms with Crippen LogP contribution in [-0.2, 0) is 11.3 Å². The van der Waals surface area contributed by atoms with E-state index in [1.807, 2.05) is 6.07 Å². The highest BCUT2D eigenvalue weighted by Crippen LogP contribution is 2.23. The van der Waals surface area contributed by atoms with Gasteiger partial charge in [0.25, 0.3) is 5.56 Å². The van der Waals surface area contributed by atoms with Crippen molar-refractivity contribution in [2.24, 2.45) is 0 Å². The molecule has 1 aromatic heterocycles. The number of para-hydroxylation sites is 1. The molecule has 0 fully saturated rings. The van der Waals surface area contributed by atoms with Gasteiger partial charge in [-0.25, -0.2) is 4.98 Å². The molecule has 1 amide bonds. The van der Waals surface area contributed by atoms with Crippen LogP contribution in [0.5, 0.6) is 5.75 Å². The number of halogens is 1. The van der Waals surface area contributed by atoms with Crippen LogP contribution < -0.4 is 15.6 Å². The van der Waals surface area contributed by atoms with Gasteiger partial charge in [0.1, 0.15) is 19.0 Å². The summed E-state index contributed by atoms with van der Waals surface area (Å²) in [6, 6.07) is 11.9. The molecule has 0 radical (unpaired) electrons. The van der Waals surface area contributed by atoms with Crippen molar-refractivity contribution in [1.82, 2.24) is 9.55 Å². The number of nitrogens with one attached hydrogen (secondary N) is 1. The summed E-state index contributed by atoms with van der Waals surface area (Å²) in [5, 5.41) is 12.2. The largest absolute Gasteiger partial charge is 0.490 e. The summed E-state index contributed by atoms with van der Waals surface area (Å²) < 4.78 is 7.02. The average molecular weight is 374 g/mol. The molecule has 0 saturated heterocycles. The number of ether oxygens (including phenoxy) is 1. The lowest BCUT2D eigenvalue weighted by atomic mass is 10.2. The second-order valence-electron chi connectivity index (χ2n) is 5.46. The number of aliphatic hydroxyl groups excluding tert-OH is 1. The second-order valence-corrected chi connectivity index (χ2v) is 5.87. The topological polar surface area (TPSA) is 93.5 Å². The van der Waals surface area contributed by atoms with Crippen molar-refractivity contribution in [2.45, 2.75) is 6.54 Å². The van der Waals surface area contributed by atoms with Gasteiger partial charge in [0.2, 0.25) is 5.91 Å². The van der Waals surface area contributed by atoms with E-state index in [0.717, 1.165) is 0 Å². The molecule has 3 aromatic rings. The molecule has 0 atom stereocenters. The normalized spacial score (nSPS) is 10.7. The van der Waals surface area contributed by atoms with E-state index in [1.54, 1.807) is 30.3 Å². The molecule has 0 saturated carbocycles. The number of aromatic nitrogens is 2. The van der Waals surface area contributed by atoms with Crippen LogP contribution in [0.2, 0.25) is 5.02 Å². The number of amides is 1. The summed E-state index contributed by atoms with van der Waals surface area (Å²) in [4.78, 5) is 28.2. The predicted octanol–water partition coefficient (Wildman–Crippen LogP) is 2.06. The fourth-order valence-electron chi connectivity index (χ4n) is 2.41. The maximum Gasteiger partial charge on any atom is 0.261 e. The first kappa shape index (κ1) is 17.9. The molecule has 0 aliphatic rings. The lowest BCUT2D eigenvalue weighted by Crippen LogP contribution is -2.24. The molecule has 3 rings (SSSR count). The highest BCUT2D eigenvalue weighted by atomic mass is 35.5. The smallest absolute Gasteiger partial charge is 0.261 e. The van der Waals surface area contributed by atoms with Gasteiger partial charge in [0, 0.05) is 5.69 Å². The Morgan fingerprint density at radius 2 is 2.08 bits per heavy atom. The van der Waals surface area contributed by atoms with Gasteiger partial charge in [-0.2, -0.15) is 0 Å². The standard InChI is InChI=1S/C18H16ClN3O4/c19-14-3-1-2-4-16(14)26-8-7-22-11-20-15-6-5-12(21-17(24)10-23)9-13(15)18(22)25/h1-6,9,11,23H,7-8,10H2,(H,21,24). The Labute approximate surface area is 153 Å². The molecule has 2 N–H and O–H groups in total. The van der Waals surface area contributed by atoms with E-state index in [4.69, 9.17) is 21.4 Å². The highest BCUT2D eigenvalue weighted by molar-refractivity contribution is 6.32. The molecule has 0 aliphatic heterocycles. The Morgan fingerprint density at radius 3 is 2.85 bits per heavy atom. The number of rotatable bonds is 6. The number of carbonyl (C=O) groups excluding carboxylic acids is 1. The van der Waals surface area contributed by atoms with E-state index < -0.39 is 12.5 Å². The van der Waals surface area contributed by atoms with Crippen molar-refractivity contribution < 1.29 is 14.6 Å². The predicted molar refractivity (Wildman–Crippen MR) is 98.7 cm³/mol. The molecule has 0 unspecified atom stereocenters. The van der Waals surface area contributed by atoms with Crippen LogP contribution >= 0.6 is 11.6 Å². The average Bonchev–Trinajstić information content (AvgIpc) is 2.65. The van der Waals surface area contributed by atoms with Crippen LogP contribution in [0.15, 0.2) is 53.6 Å². The Hall–Kier alpha value is -2.90. The molecule has 0 aliphatic carbocycles. The number of carbonyl (C=O) groups is 1. The minimum Gasteiger partial charge on any atom is -0.490 e. The first-order valence-electron chi connectivity index (χ1n) is 7.86. The zero-order valence-electron chi connectivity index (χ0n) is 13.7. The van der Waals surface area contributed by atoms with Crippen LogP contribution in [0.25, 0.3) is 10.9 Å². The third kappa shape index (κ3) is 4.01. The van der Waals surface area contributed by atoms with E-state index in [1.165, 1.54) is 17.0 Å². The van der Waals surface area contributed by atoms with Gasteiger partial charge >= 0.3 is 0 Å². The lowest BCUT2D eigenvalue weighted by Gasteiger charge is -2.10. The van der Waals surface area contributed by atoms with E-state index >= 15 is 0 Å². The Balaban J connectivity index is 1.78. The third-order valence-electron chi connectivity index (χ3n) is 3.68. The van der Waals surface area contributed by atoms with Gasteiger partial charge in [-0.1, -0.05) is 23.7 Å². The second kappa shape index (κ2) is 7.99. The summed E-state index contributed by atoms with van der Waals surface area (Å²) in [5.41, 5.74) is 0.679. The number of benzene rings is 2. The molecule has 2 aromatic carbocycles. The Kier molecular flexibility index (Phi) is 5.50. The van der Waals surface area contributed by atoms with E-state index in [9.17, 15) is 9.59 Å². The SMILES string of the molecule is O=C(CO)Nc1ccc2ncn(CCOc3ccccc3Cl)c(=O)c2c1. The Morgan fingerprint density at radius 1 is 1.27 bits per heavy atom. The molecule has 8 heteroatoms. The lowest BCUT2D eigenvalue weighted by molar-refractivity contribution is -0.118. The molecule has 134 valence electrons. The number of anilines is 1. The van der Waals surface area contributed by atoms with E-state index in [0.29, 0.717) is 33.9 Å². The van der Waals surface area contributed by atoms with Gasteiger partial charge in [-0.15, -0.1) is 0 Å². The summed E-state index contributed by atoms with van der Waals surface area (Å²) in [6.07, 6.45) is 1.45. The van der Waals surface area contributed by atoms with Crippen LogP contribution in [0.4, 0.5) is 5.69 Å². The number of fused-ring (bicyclic) bond motifs is 1. The quantitative estimate of drug-likeness (QED) is 0.689. The summed E-state index contributed by atoms with van der Waals surface area (Å²) >= 11 is 6.03. The third-order valence-corrected chi connectivity index (χ3v) is 3.99. The molecule has 7 nitrogen and oxygen atoms in total. The van der Waals surface area contributed by atoms with Crippen molar-refractivity contribution in [1.29, 1.82) is 0 Å². The van der Waals surface area contributed by atoms with E-state index in [-0.39, 0.29) is 12.2 Å². The molecular formula is C18H16ClN3O4. The molecule has 1 heterocycles. The first-order chi connectivity index (χ1) is 12.6. The fourth-order valence-corrected chi connectivity index (χ4v) is 2.60. The maximum atomic E-state index is 12.6. The van der Waals surface area contributed by atoms with Crippen LogP contribution in [0, 0.1) is 0 Å². The number of hydrogen-bond acceptors (Lipinski definition) is 5. The maximum absolute atomic E-state index is 12.6. The van der Waals surface area contributed by atoms with Gasteiger partial charge in [-0.3, -0.25) is 14.2 Å². The van der Waals surface area contributed by atoms with Crippen LogP contribution in [-0.4, -0.2) is 33.8 Å². The molecule has 0 bridgehead atoms. The minimum absolute atomic E-state index is 0.248. The van der Waals surface area contributed by atoms with Gasteiger partial charge < -0.3 is 15.2 Å². The number of aliphatic hydroxyl groups is 1. The molecule has 0 spiro atoms. The monoisotopic (exact) mass is 373 g/mol. The molecular weight excluding hydrogens is 358 g/mol. The van der Waals surface area contributed by atoms with Crippen molar-refractivity contribution in [3.63, 3.8) is 0 Å². The van der Waals surface area contributed by atoms with Gasteiger partial charge in [0.05, 0.1) is 28.8 Å². The Bertz CT molecular complexity index is 1000. The zero-order valence-corrected chi connectivity index (χ0v) is 14.4.